The fourth-order valence-electron chi connectivity index (χ4n) is 2.11. The first kappa shape index (κ1) is 19.3. The maximum absolute atomic E-state index is 12.2. The molecule has 0 unspecified atom stereocenters. The smallest absolute Gasteiger partial charge is 0.335 e. The summed E-state index contributed by atoms with van der Waals surface area (Å²) in [5.74, 6) is -0.624. The van der Waals surface area contributed by atoms with Crippen LogP contribution < -0.4 is 20.1 Å². The fourth-order valence-corrected chi connectivity index (χ4v) is 2.11. The topological polar surface area (TPSA) is 121 Å². The van der Waals surface area contributed by atoms with Crippen LogP contribution in [0.3, 0.4) is 0 Å². The minimum Gasteiger partial charge on any atom is -0.497 e. The number of carboxylic acid groups (broad SMARTS) is 1. The number of carbonyl (C=O) groups is 2. The van der Waals surface area contributed by atoms with Crippen molar-refractivity contribution in [2.24, 2.45) is 0 Å². The number of aromatic carboxylic acids is 1. The molecule has 2 aromatic carbocycles. The predicted octanol–water partition coefficient (Wildman–Crippen LogP) is 2.86. The van der Waals surface area contributed by atoms with Gasteiger partial charge in [-0.2, -0.15) is 5.26 Å². The Labute approximate surface area is 155 Å². The van der Waals surface area contributed by atoms with Gasteiger partial charge in [-0.25, -0.2) is 4.79 Å². The van der Waals surface area contributed by atoms with E-state index < -0.39 is 11.9 Å². The maximum atomic E-state index is 12.2. The Morgan fingerprint density at radius 1 is 1.11 bits per heavy atom. The summed E-state index contributed by atoms with van der Waals surface area (Å²) in [5, 5.41) is 23.5. The average molecular weight is 367 g/mol. The van der Waals surface area contributed by atoms with Gasteiger partial charge >= 0.3 is 5.97 Å². The quantitative estimate of drug-likeness (QED) is 0.508. The summed E-state index contributed by atoms with van der Waals surface area (Å²) in [4.78, 5) is 23.1. The molecule has 138 valence electrons. The van der Waals surface area contributed by atoms with Crippen molar-refractivity contribution in [2.75, 3.05) is 24.9 Å². The number of methoxy groups -OCH3 is 2. The standard InChI is InChI=1S/C19H17N3O5/c1-26-15-7-8-16(17(9-15)27-2)21-11-13(10-20)18(23)22-14-5-3-12(4-6-14)19(24)25/h3-9,11,21H,1-2H3,(H,22,23)(H,24,25)/b13-11-. The first-order valence-corrected chi connectivity index (χ1v) is 7.72. The third-order valence-corrected chi connectivity index (χ3v) is 3.54. The molecular formula is C19H17N3O5. The van der Waals surface area contributed by atoms with Crippen molar-refractivity contribution in [1.82, 2.24) is 0 Å². The van der Waals surface area contributed by atoms with Gasteiger partial charge in [-0.05, 0) is 36.4 Å². The Morgan fingerprint density at radius 3 is 2.37 bits per heavy atom. The van der Waals surface area contributed by atoms with Gasteiger partial charge in [-0.3, -0.25) is 4.79 Å². The highest BCUT2D eigenvalue weighted by atomic mass is 16.5. The summed E-state index contributed by atoms with van der Waals surface area (Å²) in [6, 6.07) is 12.4. The molecule has 8 nitrogen and oxygen atoms in total. The monoisotopic (exact) mass is 367 g/mol. The van der Waals surface area contributed by atoms with Crippen LogP contribution in [0.1, 0.15) is 10.4 Å². The first-order valence-electron chi connectivity index (χ1n) is 7.72. The largest absolute Gasteiger partial charge is 0.497 e. The Kier molecular flexibility index (Phi) is 6.39. The van der Waals surface area contributed by atoms with Crippen LogP contribution in [0.2, 0.25) is 0 Å². The van der Waals surface area contributed by atoms with Crippen LogP contribution in [0, 0.1) is 11.3 Å². The van der Waals surface area contributed by atoms with Gasteiger partial charge in [0.05, 0.1) is 25.5 Å². The second kappa shape index (κ2) is 8.92. The van der Waals surface area contributed by atoms with Gasteiger partial charge in [0.15, 0.2) is 0 Å². The number of benzene rings is 2. The number of hydrogen-bond acceptors (Lipinski definition) is 6. The van der Waals surface area contributed by atoms with Gasteiger partial charge in [0.25, 0.3) is 5.91 Å². The highest BCUT2D eigenvalue weighted by Gasteiger charge is 2.11. The molecule has 0 aliphatic heterocycles. The van der Waals surface area contributed by atoms with E-state index in [9.17, 15) is 14.9 Å². The van der Waals surface area contributed by atoms with Gasteiger partial charge in [-0.1, -0.05) is 0 Å². The van der Waals surface area contributed by atoms with E-state index in [1.54, 1.807) is 18.2 Å². The van der Waals surface area contributed by atoms with Gasteiger partial charge in [0.1, 0.15) is 23.1 Å². The van der Waals surface area contributed by atoms with Crippen molar-refractivity contribution in [3.63, 3.8) is 0 Å². The average Bonchev–Trinajstić information content (AvgIpc) is 2.68. The van der Waals surface area contributed by atoms with E-state index in [0.29, 0.717) is 22.9 Å². The van der Waals surface area contributed by atoms with Crippen molar-refractivity contribution in [3.05, 3.63) is 59.8 Å². The summed E-state index contributed by atoms with van der Waals surface area (Å²) >= 11 is 0. The molecule has 1 amide bonds. The molecule has 2 rings (SSSR count). The second-order valence-electron chi connectivity index (χ2n) is 5.22. The number of carbonyl (C=O) groups excluding carboxylic acids is 1. The van der Waals surface area contributed by atoms with Gasteiger partial charge in [-0.15, -0.1) is 0 Å². The molecule has 0 aliphatic rings. The van der Waals surface area contributed by atoms with Crippen LogP contribution in [0.15, 0.2) is 54.2 Å². The molecule has 0 fully saturated rings. The van der Waals surface area contributed by atoms with E-state index in [1.807, 2.05) is 6.07 Å². The lowest BCUT2D eigenvalue weighted by Crippen LogP contribution is -2.14. The minimum atomic E-state index is -1.07. The van der Waals surface area contributed by atoms with Crippen molar-refractivity contribution >= 4 is 23.3 Å². The number of nitrogens with one attached hydrogen (secondary N) is 2. The number of hydrogen-bond donors (Lipinski definition) is 3. The summed E-state index contributed by atoms with van der Waals surface area (Å²) in [5.41, 5.74) is 0.838. The Balaban J connectivity index is 2.12. The van der Waals surface area contributed by atoms with Crippen molar-refractivity contribution in [2.45, 2.75) is 0 Å². The lowest BCUT2D eigenvalue weighted by atomic mass is 10.2. The molecule has 27 heavy (non-hydrogen) atoms. The molecule has 0 spiro atoms. The van der Waals surface area contributed by atoms with E-state index >= 15 is 0 Å². The van der Waals surface area contributed by atoms with Crippen LogP contribution in [0.25, 0.3) is 0 Å². The van der Waals surface area contributed by atoms with E-state index in [1.165, 1.54) is 44.7 Å². The predicted molar refractivity (Wildman–Crippen MR) is 98.9 cm³/mol. The highest BCUT2D eigenvalue weighted by molar-refractivity contribution is 6.06. The zero-order chi connectivity index (χ0) is 19.8. The number of ether oxygens (including phenoxy) is 2. The Hall–Kier alpha value is -3.99. The summed E-state index contributed by atoms with van der Waals surface area (Å²) in [6.45, 7) is 0. The van der Waals surface area contributed by atoms with Crippen LogP contribution in [-0.2, 0) is 4.79 Å². The molecule has 0 heterocycles. The van der Waals surface area contributed by atoms with Crippen molar-refractivity contribution in [3.8, 4) is 17.6 Å². The van der Waals surface area contributed by atoms with E-state index in [0.717, 1.165) is 0 Å². The third-order valence-electron chi connectivity index (χ3n) is 3.54. The van der Waals surface area contributed by atoms with E-state index in [2.05, 4.69) is 10.6 Å². The van der Waals surface area contributed by atoms with Gasteiger partial charge < -0.3 is 25.2 Å². The van der Waals surface area contributed by atoms with Crippen LogP contribution in [0.5, 0.6) is 11.5 Å². The SMILES string of the molecule is COc1ccc(N/C=C(/C#N)C(=O)Nc2ccc(C(=O)O)cc2)c(OC)c1. The Morgan fingerprint density at radius 2 is 1.81 bits per heavy atom. The number of nitriles is 1. The summed E-state index contributed by atoms with van der Waals surface area (Å²) < 4.78 is 10.3. The molecule has 0 saturated heterocycles. The normalized spacial score (nSPS) is 10.5. The summed E-state index contributed by atoms with van der Waals surface area (Å²) in [7, 11) is 3.02. The number of rotatable bonds is 7. The molecule has 0 saturated carbocycles. The minimum absolute atomic E-state index is 0.0947. The number of amides is 1. The summed E-state index contributed by atoms with van der Waals surface area (Å²) in [6.07, 6.45) is 1.26. The number of carboxylic acids is 1. The Bertz CT molecular complexity index is 914. The third kappa shape index (κ3) is 4.99. The van der Waals surface area contributed by atoms with Crippen LogP contribution >= 0.6 is 0 Å². The lowest BCUT2D eigenvalue weighted by molar-refractivity contribution is -0.112. The molecule has 0 aliphatic carbocycles. The maximum Gasteiger partial charge on any atom is 0.335 e. The zero-order valence-electron chi connectivity index (χ0n) is 14.6. The van der Waals surface area contributed by atoms with Crippen molar-refractivity contribution in [1.29, 1.82) is 5.26 Å². The molecule has 2 aromatic rings. The van der Waals surface area contributed by atoms with Crippen LogP contribution in [0.4, 0.5) is 11.4 Å². The molecular weight excluding hydrogens is 350 g/mol. The van der Waals surface area contributed by atoms with Gasteiger partial charge in [0, 0.05) is 18.0 Å². The van der Waals surface area contributed by atoms with E-state index in [-0.39, 0.29) is 11.1 Å². The molecule has 0 aromatic heterocycles. The lowest BCUT2D eigenvalue weighted by Gasteiger charge is -2.10. The molecule has 0 radical (unpaired) electrons. The van der Waals surface area contributed by atoms with E-state index in [4.69, 9.17) is 14.6 Å². The van der Waals surface area contributed by atoms with Crippen molar-refractivity contribution < 1.29 is 24.2 Å². The number of nitrogens with zero attached hydrogens (tertiary/aromatic N) is 1. The molecule has 3 N–H and O–H groups in total. The first-order chi connectivity index (χ1) is 13.0. The molecule has 0 bridgehead atoms. The molecule has 8 heteroatoms. The molecule has 0 atom stereocenters. The zero-order valence-corrected chi connectivity index (χ0v) is 14.6. The van der Waals surface area contributed by atoms with Gasteiger partial charge in [0.2, 0.25) is 0 Å². The fraction of sp³-hybridized carbons (Fsp3) is 0.105. The number of anilines is 2. The van der Waals surface area contributed by atoms with Crippen LogP contribution in [-0.4, -0.2) is 31.2 Å². The second-order valence-corrected chi connectivity index (χ2v) is 5.22. The highest BCUT2D eigenvalue weighted by Crippen LogP contribution is 2.29.